The van der Waals surface area contributed by atoms with Crippen molar-refractivity contribution in [2.75, 3.05) is 0 Å². The summed E-state index contributed by atoms with van der Waals surface area (Å²) < 4.78 is 1.02. The summed E-state index contributed by atoms with van der Waals surface area (Å²) in [6.07, 6.45) is 0. The van der Waals surface area contributed by atoms with Crippen molar-refractivity contribution in [2.24, 2.45) is 0 Å². The SMILES string of the molecule is O=C(O)c1ccc(-c2cscc2Br)s1. The first-order valence-electron chi connectivity index (χ1n) is 3.73. The molecule has 0 aliphatic heterocycles. The van der Waals surface area contributed by atoms with Crippen molar-refractivity contribution in [1.29, 1.82) is 0 Å². The lowest BCUT2D eigenvalue weighted by molar-refractivity contribution is 0.0702. The van der Waals surface area contributed by atoms with Crippen molar-refractivity contribution in [3.63, 3.8) is 0 Å². The van der Waals surface area contributed by atoms with Gasteiger partial charge in [0.25, 0.3) is 0 Å². The molecule has 0 amide bonds. The molecule has 0 spiro atoms. The normalized spacial score (nSPS) is 10.4. The van der Waals surface area contributed by atoms with Crippen LogP contribution in [-0.4, -0.2) is 11.1 Å². The summed E-state index contributed by atoms with van der Waals surface area (Å²) in [6.45, 7) is 0. The molecule has 0 radical (unpaired) electrons. The Morgan fingerprint density at radius 2 is 2.14 bits per heavy atom. The second-order valence-electron chi connectivity index (χ2n) is 2.60. The van der Waals surface area contributed by atoms with Crippen LogP contribution in [0.3, 0.4) is 0 Å². The molecule has 0 bridgehead atoms. The number of carboxylic acids is 1. The monoisotopic (exact) mass is 288 g/mol. The summed E-state index contributed by atoms with van der Waals surface area (Å²) in [5.41, 5.74) is 1.06. The van der Waals surface area contributed by atoms with Gasteiger partial charge < -0.3 is 5.11 Å². The number of thiophene rings is 2. The minimum absolute atomic E-state index is 0.373. The summed E-state index contributed by atoms with van der Waals surface area (Å²) in [7, 11) is 0. The van der Waals surface area contributed by atoms with Gasteiger partial charge in [0.05, 0.1) is 0 Å². The lowest BCUT2D eigenvalue weighted by Gasteiger charge is -1.91. The van der Waals surface area contributed by atoms with Gasteiger partial charge in [0.1, 0.15) is 4.88 Å². The third kappa shape index (κ3) is 1.75. The third-order valence-electron chi connectivity index (χ3n) is 1.70. The minimum Gasteiger partial charge on any atom is -0.477 e. The van der Waals surface area contributed by atoms with Gasteiger partial charge in [-0.25, -0.2) is 4.79 Å². The molecule has 0 atom stereocenters. The van der Waals surface area contributed by atoms with Crippen molar-refractivity contribution in [3.05, 3.63) is 32.2 Å². The van der Waals surface area contributed by atoms with Gasteiger partial charge in [-0.3, -0.25) is 0 Å². The van der Waals surface area contributed by atoms with Crippen LogP contribution < -0.4 is 0 Å². The van der Waals surface area contributed by atoms with E-state index in [2.05, 4.69) is 15.9 Å². The molecule has 2 aromatic rings. The highest BCUT2D eigenvalue weighted by atomic mass is 79.9. The molecule has 1 N–H and O–H groups in total. The van der Waals surface area contributed by atoms with E-state index in [9.17, 15) is 4.79 Å². The average Bonchev–Trinajstić information content (AvgIpc) is 2.71. The van der Waals surface area contributed by atoms with E-state index in [1.165, 1.54) is 11.3 Å². The molecular weight excluding hydrogens is 284 g/mol. The highest BCUT2D eigenvalue weighted by Gasteiger charge is 2.10. The second-order valence-corrected chi connectivity index (χ2v) is 5.28. The number of hydrogen-bond acceptors (Lipinski definition) is 3. The summed E-state index contributed by atoms with van der Waals surface area (Å²) in [4.78, 5) is 12.0. The quantitative estimate of drug-likeness (QED) is 0.909. The van der Waals surface area contributed by atoms with Gasteiger partial charge in [0.2, 0.25) is 0 Å². The fourth-order valence-electron chi connectivity index (χ4n) is 1.05. The molecule has 14 heavy (non-hydrogen) atoms. The summed E-state index contributed by atoms with van der Waals surface area (Å²) in [5.74, 6) is -0.868. The second kappa shape index (κ2) is 3.84. The Labute approximate surface area is 97.0 Å². The highest BCUT2D eigenvalue weighted by Crippen LogP contribution is 2.35. The van der Waals surface area contributed by atoms with Gasteiger partial charge in [-0.2, -0.15) is 11.3 Å². The van der Waals surface area contributed by atoms with Crippen LogP contribution >= 0.6 is 38.6 Å². The molecule has 0 unspecified atom stereocenters. The number of aromatic carboxylic acids is 1. The summed E-state index contributed by atoms with van der Waals surface area (Å²) in [6, 6.07) is 3.47. The van der Waals surface area contributed by atoms with Gasteiger partial charge in [0, 0.05) is 25.7 Å². The van der Waals surface area contributed by atoms with Gasteiger partial charge in [-0.15, -0.1) is 11.3 Å². The standard InChI is InChI=1S/C9H5BrO2S2/c10-6-4-13-3-5(6)7-1-2-8(14-7)9(11)12/h1-4H,(H,11,12). The summed E-state index contributed by atoms with van der Waals surface area (Å²) in [5, 5.41) is 12.7. The van der Waals surface area contributed by atoms with Crippen LogP contribution in [0.1, 0.15) is 9.67 Å². The van der Waals surface area contributed by atoms with E-state index >= 15 is 0 Å². The maximum Gasteiger partial charge on any atom is 0.345 e. The average molecular weight is 289 g/mol. The van der Waals surface area contributed by atoms with E-state index in [-0.39, 0.29) is 0 Å². The first-order valence-corrected chi connectivity index (χ1v) is 6.29. The van der Waals surface area contributed by atoms with E-state index in [1.807, 2.05) is 16.8 Å². The maximum atomic E-state index is 10.7. The van der Waals surface area contributed by atoms with Crippen LogP contribution in [0.2, 0.25) is 0 Å². The zero-order valence-corrected chi connectivity index (χ0v) is 10.1. The van der Waals surface area contributed by atoms with Crippen molar-refractivity contribution < 1.29 is 9.90 Å². The number of rotatable bonds is 2. The molecule has 0 saturated heterocycles. The molecule has 2 nitrogen and oxygen atoms in total. The molecule has 0 aliphatic rings. The fraction of sp³-hybridized carbons (Fsp3) is 0. The first kappa shape index (κ1) is 9.89. The molecule has 72 valence electrons. The molecule has 0 fully saturated rings. The van der Waals surface area contributed by atoms with Crippen molar-refractivity contribution in [3.8, 4) is 10.4 Å². The molecule has 0 aromatic carbocycles. The first-order chi connectivity index (χ1) is 6.68. The smallest absolute Gasteiger partial charge is 0.345 e. The van der Waals surface area contributed by atoms with Gasteiger partial charge in [0.15, 0.2) is 0 Å². The highest BCUT2D eigenvalue weighted by molar-refractivity contribution is 9.10. The van der Waals surface area contributed by atoms with Gasteiger partial charge in [-0.1, -0.05) is 0 Å². The largest absolute Gasteiger partial charge is 0.477 e. The van der Waals surface area contributed by atoms with E-state index in [0.717, 1.165) is 14.9 Å². The Bertz CT molecular complexity index is 473. The molecular formula is C9H5BrO2S2. The lowest BCUT2D eigenvalue weighted by Crippen LogP contribution is -1.89. The van der Waals surface area contributed by atoms with Crippen molar-refractivity contribution in [2.45, 2.75) is 0 Å². The van der Waals surface area contributed by atoms with Crippen LogP contribution in [0, 0.1) is 0 Å². The Morgan fingerprint density at radius 1 is 1.36 bits per heavy atom. The van der Waals surface area contributed by atoms with E-state index in [4.69, 9.17) is 5.11 Å². The minimum atomic E-state index is -0.868. The predicted octanol–water partition coefficient (Wildman–Crippen LogP) is 3.94. The third-order valence-corrected chi connectivity index (χ3v) is 4.51. The van der Waals surface area contributed by atoms with Crippen molar-refractivity contribution in [1.82, 2.24) is 0 Å². The van der Waals surface area contributed by atoms with Crippen LogP contribution in [0.5, 0.6) is 0 Å². The topological polar surface area (TPSA) is 37.3 Å². The molecule has 0 aliphatic carbocycles. The number of carboxylic acid groups (broad SMARTS) is 1. The lowest BCUT2D eigenvalue weighted by atomic mass is 10.3. The Morgan fingerprint density at radius 3 is 2.64 bits per heavy atom. The van der Waals surface area contributed by atoms with Crippen LogP contribution in [0.25, 0.3) is 10.4 Å². The fourth-order valence-corrected chi connectivity index (χ4v) is 3.64. The van der Waals surface area contributed by atoms with Crippen LogP contribution in [0.4, 0.5) is 0 Å². The van der Waals surface area contributed by atoms with E-state index in [1.54, 1.807) is 17.4 Å². The van der Waals surface area contributed by atoms with Crippen molar-refractivity contribution >= 4 is 44.6 Å². The molecule has 0 saturated carbocycles. The number of carbonyl (C=O) groups is 1. The van der Waals surface area contributed by atoms with E-state index in [0.29, 0.717) is 4.88 Å². The Kier molecular flexibility index (Phi) is 2.71. The maximum absolute atomic E-state index is 10.7. The number of halogens is 1. The van der Waals surface area contributed by atoms with Gasteiger partial charge in [-0.05, 0) is 28.1 Å². The Balaban J connectivity index is 2.43. The van der Waals surface area contributed by atoms with Crippen LogP contribution in [0.15, 0.2) is 27.4 Å². The molecule has 2 heterocycles. The summed E-state index contributed by atoms with van der Waals surface area (Å²) >= 11 is 6.30. The predicted molar refractivity (Wildman–Crippen MR) is 62.3 cm³/mol. The molecule has 5 heteroatoms. The zero-order valence-electron chi connectivity index (χ0n) is 6.86. The molecule has 2 rings (SSSR count). The zero-order chi connectivity index (χ0) is 10.1. The Hall–Kier alpha value is -0.650. The van der Waals surface area contributed by atoms with E-state index < -0.39 is 5.97 Å². The van der Waals surface area contributed by atoms with Gasteiger partial charge >= 0.3 is 5.97 Å². The number of hydrogen-bond donors (Lipinski definition) is 1. The van der Waals surface area contributed by atoms with Crippen LogP contribution in [-0.2, 0) is 0 Å². The molecule has 2 aromatic heterocycles.